The minimum atomic E-state index is -0.781. The molecular weight excluding hydrogens is 368 g/mol. The van der Waals surface area contributed by atoms with Crippen molar-refractivity contribution in [1.82, 2.24) is 25.0 Å². The van der Waals surface area contributed by atoms with Gasteiger partial charge in [-0.1, -0.05) is 32.9 Å². The lowest BCUT2D eigenvalue weighted by Crippen LogP contribution is -2.30. The molecule has 2 N–H and O–H groups in total. The van der Waals surface area contributed by atoms with E-state index in [1.165, 1.54) is 11.6 Å². The molecule has 0 bridgehead atoms. The standard InChI is InChI=1S/C17H24N6O5/c1-6-10-8(4)12(27-9(5)24)16(28-10)23-13-11(21-22-23)15(26)20-17(18-13)19-14(25)7(2)3/h7-8,10,12,16H,6H2,1-5H3,(H2,18,19,20,25,26)/t8-,10-,12-,16-/m1/s1. The van der Waals surface area contributed by atoms with Gasteiger partial charge in [-0.15, -0.1) is 5.10 Å². The number of fused-ring (bicyclic) bond motifs is 1. The minimum absolute atomic E-state index is 0.000299. The van der Waals surface area contributed by atoms with Crippen LogP contribution in [-0.2, 0) is 19.1 Å². The fourth-order valence-electron chi connectivity index (χ4n) is 3.21. The summed E-state index contributed by atoms with van der Waals surface area (Å²) in [6, 6.07) is 0. The normalized spacial score (nSPS) is 24.6. The largest absolute Gasteiger partial charge is 0.457 e. The van der Waals surface area contributed by atoms with E-state index in [1.54, 1.807) is 13.8 Å². The quantitative estimate of drug-likeness (QED) is 0.718. The van der Waals surface area contributed by atoms with Crippen LogP contribution in [0.25, 0.3) is 11.2 Å². The fraction of sp³-hybridized carbons (Fsp3) is 0.647. The predicted molar refractivity (Wildman–Crippen MR) is 98.3 cm³/mol. The lowest BCUT2D eigenvalue weighted by atomic mass is 9.98. The van der Waals surface area contributed by atoms with Gasteiger partial charge in [0.2, 0.25) is 11.9 Å². The molecule has 11 heteroatoms. The minimum Gasteiger partial charge on any atom is -0.457 e. The highest BCUT2D eigenvalue weighted by Gasteiger charge is 2.45. The molecule has 1 aliphatic rings. The first-order valence-electron chi connectivity index (χ1n) is 9.21. The number of H-pyrrole nitrogens is 1. The van der Waals surface area contributed by atoms with Gasteiger partial charge in [-0.25, -0.2) is 0 Å². The molecule has 2 aromatic rings. The third-order valence-corrected chi connectivity index (χ3v) is 4.75. The summed E-state index contributed by atoms with van der Waals surface area (Å²) in [6.07, 6.45) is -0.833. The Labute approximate surface area is 160 Å². The maximum Gasteiger partial charge on any atom is 0.303 e. The van der Waals surface area contributed by atoms with Crippen LogP contribution in [0, 0.1) is 11.8 Å². The average molecular weight is 392 g/mol. The number of aromatic nitrogens is 5. The number of aromatic amines is 1. The number of carbonyl (C=O) groups excluding carboxylic acids is 2. The van der Waals surface area contributed by atoms with Gasteiger partial charge in [-0.2, -0.15) is 9.67 Å². The highest BCUT2D eigenvalue weighted by atomic mass is 16.6. The van der Waals surface area contributed by atoms with Crippen molar-refractivity contribution in [1.29, 1.82) is 0 Å². The molecule has 11 nitrogen and oxygen atoms in total. The molecule has 1 aliphatic heterocycles. The van der Waals surface area contributed by atoms with E-state index >= 15 is 0 Å². The van der Waals surface area contributed by atoms with E-state index in [2.05, 4.69) is 25.6 Å². The first kappa shape index (κ1) is 19.9. The van der Waals surface area contributed by atoms with Gasteiger partial charge in [-0.05, 0) is 6.42 Å². The van der Waals surface area contributed by atoms with Crippen LogP contribution < -0.4 is 10.9 Å². The summed E-state index contributed by atoms with van der Waals surface area (Å²) >= 11 is 0. The Balaban J connectivity index is 2.04. The molecule has 2 aromatic heterocycles. The molecule has 152 valence electrons. The summed E-state index contributed by atoms with van der Waals surface area (Å²) in [5.41, 5.74) is -0.410. The van der Waals surface area contributed by atoms with Crippen molar-refractivity contribution >= 4 is 29.0 Å². The van der Waals surface area contributed by atoms with Crippen molar-refractivity contribution in [2.75, 3.05) is 5.32 Å². The van der Waals surface area contributed by atoms with Gasteiger partial charge in [0.15, 0.2) is 23.5 Å². The Hall–Kier alpha value is -2.82. The molecule has 0 aromatic carbocycles. The maximum atomic E-state index is 12.3. The molecule has 1 fully saturated rings. The third kappa shape index (κ3) is 3.61. The first-order chi connectivity index (χ1) is 13.2. The Kier molecular flexibility index (Phi) is 5.45. The van der Waals surface area contributed by atoms with Gasteiger partial charge in [0, 0.05) is 18.8 Å². The lowest BCUT2D eigenvalue weighted by Gasteiger charge is -2.20. The molecule has 3 heterocycles. The van der Waals surface area contributed by atoms with Gasteiger partial charge in [0.25, 0.3) is 5.56 Å². The second-order valence-corrected chi connectivity index (χ2v) is 7.17. The number of hydrogen-bond acceptors (Lipinski definition) is 8. The first-order valence-corrected chi connectivity index (χ1v) is 9.21. The van der Waals surface area contributed by atoms with Crippen molar-refractivity contribution in [3.63, 3.8) is 0 Å². The molecular formula is C17H24N6O5. The van der Waals surface area contributed by atoms with Gasteiger partial charge in [-0.3, -0.25) is 24.7 Å². The van der Waals surface area contributed by atoms with E-state index in [9.17, 15) is 14.4 Å². The number of amides is 1. The van der Waals surface area contributed by atoms with Gasteiger partial charge in [0.05, 0.1) is 6.10 Å². The van der Waals surface area contributed by atoms with Crippen LogP contribution in [-0.4, -0.2) is 49.0 Å². The number of hydrogen-bond donors (Lipinski definition) is 2. The molecule has 28 heavy (non-hydrogen) atoms. The van der Waals surface area contributed by atoms with Crippen LogP contribution in [0.1, 0.15) is 47.3 Å². The SMILES string of the molecule is CC[C@H]1O[C@@H](n2nnc3c(=O)[nH]c(NC(=O)C(C)C)nc32)[C@H](OC(C)=O)[C@@H]1C. The Bertz CT molecular complexity index is 951. The number of carbonyl (C=O) groups is 2. The van der Waals surface area contributed by atoms with E-state index in [0.717, 1.165) is 0 Å². The van der Waals surface area contributed by atoms with Crippen LogP contribution in [0.5, 0.6) is 0 Å². The van der Waals surface area contributed by atoms with Crippen LogP contribution in [0.15, 0.2) is 4.79 Å². The average Bonchev–Trinajstić information content (AvgIpc) is 3.16. The predicted octanol–water partition coefficient (Wildman–Crippen LogP) is 0.984. The van der Waals surface area contributed by atoms with Gasteiger partial charge >= 0.3 is 5.97 Å². The number of ether oxygens (including phenoxy) is 2. The van der Waals surface area contributed by atoms with Crippen LogP contribution in [0.2, 0.25) is 0 Å². The lowest BCUT2D eigenvalue weighted by molar-refractivity contribution is -0.154. The van der Waals surface area contributed by atoms with Crippen molar-refractivity contribution in [2.45, 2.75) is 59.5 Å². The van der Waals surface area contributed by atoms with Crippen molar-refractivity contribution in [3.8, 4) is 0 Å². The molecule has 0 aliphatic carbocycles. The summed E-state index contributed by atoms with van der Waals surface area (Å²) in [7, 11) is 0. The van der Waals surface area contributed by atoms with E-state index in [1.807, 2.05) is 13.8 Å². The highest BCUT2D eigenvalue weighted by Crippen LogP contribution is 2.37. The second kappa shape index (κ2) is 7.66. The summed E-state index contributed by atoms with van der Waals surface area (Å²) in [6.45, 7) is 8.66. The topological polar surface area (TPSA) is 141 Å². The van der Waals surface area contributed by atoms with Crippen molar-refractivity contribution < 1.29 is 19.1 Å². The monoisotopic (exact) mass is 392 g/mol. The molecule has 3 rings (SSSR count). The summed E-state index contributed by atoms with van der Waals surface area (Å²) in [4.78, 5) is 42.6. The van der Waals surface area contributed by atoms with E-state index in [0.29, 0.717) is 6.42 Å². The van der Waals surface area contributed by atoms with Crippen LogP contribution in [0.4, 0.5) is 5.95 Å². The van der Waals surface area contributed by atoms with Crippen molar-refractivity contribution in [3.05, 3.63) is 10.4 Å². The maximum absolute atomic E-state index is 12.3. The molecule has 1 amide bonds. The molecule has 0 spiro atoms. The fourth-order valence-corrected chi connectivity index (χ4v) is 3.21. The van der Waals surface area contributed by atoms with Crippen molar-refractivity contribution in [2.24, 2.45) is 11.8 Å². The number of esters is 1. The molecule has 0 radical (unpaired) electrons. The third-order valence-electron chi connectivity index (χ3n) is 4.75. The van der Waals surface area contributed by atoms with Crippen LogP contribution in [0.3, 0.4) is 0 Å². The molecule has 0 unspecified atom stereocenters. The number of rotatable bonds is 5. The molecule has 4 atom stereocenters. The zero-order valence-electron chi connectivity index (χ0n) is 16.4. The molecule has 0 saturated carbocycles. The van der Waals surface area contributed by atoms with Gasteiger partial charge < -0.3 is 9.47 Å². The zero-order chi connectivity index (χ0) is 20.6. The number of anilines is 1. The zero-order valence-corrected chi connectivity index (χ0v) is 16.4. The number of nitrogens with one attached hydrogen (secondary N) is 2. The number of nitrogens with zero attached hydrogens (tertiary/aromatic N) is 4. The van der Waals surface area contributed by atoms with Crippen LogP contribution >= 0.6 is 0 Å². The highest BCUT2D eigenvalue weighted by molar-refractivity contribution is 5.90. The Morgan fingerprint density at radius 1 is 1.39 bits per heavy atom. The second-order valence-electron chi connectivity index (χ2n) is 7.17. The summed E-state index contributed by atoms with van der Waals surface area (Å²) < 4.78 is 12.8. The summed E-state index contributed by atoms with van der Waals surface area (Å²) in [5, 5.41) is 10.4. The van der Waals surface area contributed by atoms with E-state index < -0.39 is 23.9 Å². The van der Waals surface area contributed by atoms with E-state index in [-0.39, 0.29) is 41.0 Å². The van der Waals surface area contributed by atoms with Gasteiger partial charge in [0.1, 0.15) is 0 Å². The van der Waals surface area contributed by atoms with E-state index in [4.69, 9.17) is 9.47 Å². The molecule has 1 saturated heterocycles. The Morgan fingerprint density at radius 2 is 2.11 bits per heavy atom. The smallest absolute Gasteiger partial charge is 0.303 e. The summed E-state index contributed by atoms with van der Waals surface area (Å²) in [5.74, 6) is -1.12. The Morgan fingerprint density at radius 3 is 2.71 bits per heavy atom.